The number of benzene rings is 1. The molecule has 4 nitrogen and oxygen atoms in total. The molecule has 5 aromatic rings. The van der Waals surface area contributed by atoms with Crippen LogP contribution in [0.15, 0.2) is 71.4 Å². The third kappa shape index (κ3) is 2.57. The third-order valence-electron chi connectivity index (χ3n) is 4.83. The van der Waals surface area contributed by atoms with Crippen molar-refractivity contribution in [2.24, 2.45) is 0 Å². The number of rotatable bonds is 2. The van der Waals surface area contributed by atoms with E-state index in [0.717, 1.165) is 50.1 Å². The van der Waals surface area contributed by atoms with Crippen LogP contribution in [0.1, 0.15) is 11.3 Å². The minimum atomic E-state index is 0.668. The van der Waals surface area contributed by atoms with E-state index in [1.165, 1.54) is 0 Å². The van der Waals surface area contributed by atoms with Gasteiger partial charge in [-0.15, -0.1) is 0 Å². The minimum absolute atomic E-state index is 0.668. The lowest BCUT2D eigenvalue weighted by atomic mass is 10.0. The number of aryl methyl sites for hydroxylation is 2. The SMILES string of the molecule is Cc1ccc2c(n1)oc1c(-c3ccc(-c4ccccn4)cn3)c(C)ccc12. The Balaban J connectivity index is 1.70. The molecule has 4 aromatic heterocycles. The molecule has 0 radical (unpaired) electrons. The van der Waals surface area contributed by atoms with E-state index in [2.05, 4.69) is 35.1 Å². The maximum atomic E-state index is 6.15. The van der Waals surface area contributed by atoms with Crippen LogP contribution in [0.3, 0.4) is 0 Å². The smallest absolute Gasteiger partial charge is 0.227 e. The molecule has 4 heterocycles. The Bertz CT molecular complexity index is 1270. The van der Waals surface area contributed by atoms with Gasteiger partial charge in [-0.05, 0) is 55.8 Å². The molecule has 1 aromatic carbocycles. The van der Waals surface area contributed by atoms with E-state index in [0.29, 0.717) is 5.71 Å². The Morgan fingerprint density at radius 3 is 2.44 bits per heavy atom. The van der Waals surface area contributed by atoms with Gasteiger partial charge in [0.2, 0.25) is 5.71 Å². The number of fused-ring (bicyclic) bond motifs is 3. The Hall–Kier alpha value is -3.53. The van der Waals surface area contributed by atoms with Gasteiger partial charge >= 0.3 is 0 Å². The monoisotopic (exact) mass is 351 g/mol. The number of aromatic nitrogens is 3. The second-order valence-electron chi connectivity index (χ2n) is 6.69. The molecule has 4 heteroatoms. The Kier molecular flexibility index (Phi) is 3.50. The zero-order valence-corrected chi connectivity index (χ0v) is 15.1. The first kappa shape index (κ1) is 15.7. The Morgan fingerprint density at radius 2 is 1.67 bits per heavy atom. The molecule has 130 valence electrons. The quantitative estimate of drug-likeness (QED) is 0.408. The van der Waals surface area contributed by atoms with E-state index in [1.807, 2.05) is 49.5 Å². The van der Waals surface area contributed by atoms with Crippen LogP contribution in [0, 0.1) is 13.8 Å². The van der Waals surface area contributed by atoms with Crippen molar-refractivity contribution in [2.75, 3.05) is 0 Å². The van der Waals surface area contributed by atoms with Gasteiger partial charge in [-0.25, -0.2) is 4.98 Å². The molecule has 0 N–H and O–H groups in total. The summed E-state index contributed by atoms with van der Waals surface area (Å²) in [5.41, 5.74) is 7.36. The van der Waals surface area contributed by atoms with Gasteiger partial charge in [-0.2, -0.15) is 0 Å². The molecule has 0 fully saturated rings. The van der Waals surface area contributed by atoms with Gasteiger partial charge in [0, 0.05) is 40.0 Å². The molecular formula is C23H17N3O. The van der Waals surface area contributed by atoms with Crippen LogP contribution in [0.4, 0.5) is 0 Å². The molecule has 0 aliphatic carbocycles. The van der Waals surface area contributed by atoms with Crippen molar-refractivity contribution in [2.45, 2.75) is 13.8 Å². The largest absolute Gasteiger partial charge is 0.437 e. The second-order valence-corrected chi connectivity index (χ2v) is 6.69. The summed E-state index contributed by atoms with van der Waals surface area (Å²) in [6, 6.07) is 18.2. The first-order valence-corrected chi connectivity index (χ1v) is 8.88. The molecule has 0 spiro atoms. The fraction of sp³-hybridized carbons (Fsp3) is 0.0870. The van der Waals surface area contributed by atoms with Gasteiger partial charge in [0.15, 0.2) is 0 Å². The fourth-order valence-corrected chi connectivity index (χ4v) is 3.46. The zero-order valence-electron chi connectivity index (χ0n) is 15.1. The van der Waals surface area contributed by atoms with Crippen LogP contribution in [0.25, 0.3) is 44.6 Å². The molecule has 0 atom stereocenters. The summed E-state index contributed by atoms with van der Waals surface area (Å²) in [5.74, 6) is 0. The molecule has 0 aliphatic rings. The van der Waals surface area contributed by atoms with Crippen molar-refractivity contribution in [1.29, 1.82) is 0 Å². The highest BCUT2D eigenvalue weighted by molar-refractivity contribution is 6.09. The zero-order chi connectivity index (χ0) is 18.4. The molecule has 5 rings (SSSR count). The maximum absolute atomic E-state index is 6.15. The van der Waals surface area contributed by atoms with Crippen molar-refractivity contribution in [3.63, 3.8) is 0 Å². The van der Waals surface area contributed by atoms with Gasteiger partial charge in [-0.3, -0.25) is 9.97 Å². The van der Waals surface area contributed by atoms with Gasteiger partial charge in [0.05, 0.1) is 11.4 Å². The first-order valence-electron chi connectivity index (χ1n) is 8.88. The van der Waals surface area contributed by atoms with Crippen LogP contribution >= 0.6 is 0 Å². The lowest BCUT2D eigenvalue weighted by Crippen LogP contribution is -1.90. The average molecular weight is 351 g/mol. The molecule has 0 saturated carbocycles. The Labute approximate surface area is 156 Å². The second kappa shape index (κ2) is 6.02. The molecule has 0 saturated heterocycles. The van der Waals surface area contributed by atoms with E-state index in [-0.39, 0.29) is 0 Å². The van der Waals surface area contributed by atoms with E-state index >= 15 is 0 Å². The summed E-state index contributed by atoms with van der Waals surface area (Å²) in [6.45, 7) is 4.05. The summed E-state index contributed by atoms with van der Waals surface area (Å²) >= 11 is 0. The van der Waals surface area contributed by atoms with Gasteiger partial charge in [0.1, 0.15) is 5.58 Å². The highest BCUT2D eigenvalue weighted by atomic mass is 16.3. The Morgan fingerprint density at radius 1 is 0.778 bits per heavy atom. The number of pyridine rings is 3. The van der Waals surface area contributed by atoms with Crippen LogP contribution in [0.2, 0.25) is 0 Å². The number of nitrogens with zero attached hydrogens (tertiary/aromatic N) is 3. The standard InChI is InChI=1S/C23H17N3O/c1-14-6-9-17-18-10-7-15(2)26-23(18)27-22(17)21(14)20-11-8-16(13-25-20)19-5-3-4-12-24-19/h3-13H,1-2H3. The fourth-order valence-electron chi connectivity index (χ4n) is 3.46. The number of hydrogen-bond donors (Lipinski definition) is 0. The van der Waals surface area contributed by atoms with Crippen LogP contribution < -0.4 is 0 Å². The van der Waals surface area contributed by atoms with Crippen molar-refractivity contribution < 1.29 is 4.42 Å². The minimum Gasteiger partial charge on any atom is -0.437 e. The van der Waals surface area contributed by atoms with E-state index in [1.54, 1.807) is 6.20 Å². The first-order chi connectivity index (χ1) is 13.2. The van der Waals surface area contributed by atoms with Crippen molar-refractivity contribution >= 4 is 22.1 Å². The molecule has 0 aliphatic heterocycles. The average Bonchev–Trinajstić information content (AvgIpc) is 3.06. The van der Waals surface area contributed by atoms with Crippen LogP contribution in [0.5, 0.6) is 0 Å². The summed E-state index contributed by atoms with van der Waals surface area (Å²) in [5, 5.41) is 2.09. The lowest BCUT2D eigenvalue weighted by molar-refractivity contribution is 0.653. The summed E-state index contributed by atoms with van der Waals surface area (Å²) in [7, 11) is 0. The summed E-state index contributed by atoms with van der Waals surface area (Å²) < 4.78 is 6.15. The predicted molar refractivity (Wildman–Crippen MR) is 107 cm³/mol. The van der Waals surface area contributed by atoms with Crippen LogP contribution in [-0.2, 0) is 0 Å². The lowest BCUT2D eigenvalue weighted by Gasteiger charge is -2.07. The van der Waals surface area contributed by atoms with E-state index in [9.17, 15) is 0 Å². The van der Waals surface area contributed by atoms with Crippen molar-refractivity contribution in [3.05, 3.63) is 78.2 Å². The number of furan rings is 1. The van der Waals surface area contributed by atoms with E-state index in [4.69, 9.17) is 9.40 Å². The molecule has 0 bridgehead atoms. The van der Waals surface area contributed by atoms with Crippen molar-refractivity contribution in [3.8, 4) is 22.5 Å². The van der Waals surface area contributed by atoms with Gasteiger partial charge in [-0.1, -0.05) is 18.2 Å². The number of hydrogen-bond acceptors (Lipinski definition) is 4. The molecule has 27 heavy (non-hydrogen) atoms. The summed E-state index contributed by atoms with van der Waals surface area (Å²) in [6.07, 6.45) is 3.65. The van der Waals surface area contributed by atoms with Crippen LogP contribution in [-0.4, -0.2) is 15.0 Å². The highest BCUT2D eigenvalue weighted by Gasteiger charge is 2.16. The highest BCUT2D eigenvalue weighted by Crippen LogP contribution is 2.36. The normalized spacial score (nSPS) is 11.3. The molecule has 0 amide bonds. The molecule has 0 unspecified atom stereocenters. The summed E-state index contributed by atoms with van der Waals surface area (Å²) in [4.78, 5) is 13.6. The molecular weight excluding hydrogens is 334 g/mol. The maximum Gasteiger partial charge on any atom is 0.227 e. The topological polar surface area (TPSA) is 51.8 Å². The predicted octanol–water partition coefficient (Wildman–Crippen LogP) is 5.72. The van der Waals surface area contributed by atoms with Crippen molar-refractivity contribution in [1.82, 2.24) is 15.0 Å². The van der Waals surface area contributed by atoms with Gasteiger partial charge in [0.25, 0.3) is 0 Å². The van der Waals surface area contributed by atoms with E-state index < -0.39 is 0 Å². The van der Waals surface area contributed by atoms with Gasteiger partial charge < -0.3 is 4.42 Å². The third-order valence-corrected chi connectivity index (χ3v) is 4.83.